The minimum absolute atomic E-state index is 0.139. The van der Waals surface area contributed by atoms with Crippen LogP contribution in [0.25, 0.3) is 16.6 Å². The van der Waals surface area contributed by atoms with Gasteiger partial charge in [-0.1, -0.05) is 0 Å². The highest BCUT2D eigenvalue weighted by atomic mass is 16.4. The standard InChI is InChI=1S/C18H16N4O2/c1-11-3-2-4-16-15(8-19)14-7-13(5-6-17(14)22(11)16)21-10-12(9-20-21)18(23)24/h5-7,9-11H,2-4H2,1H3,(H,23,24)/t11-/m0/s1. The van der Waals surface area contributed by atoms with Crippen molar-refractivity contribution in [2.75, 3.05) is 0 Å². The van der Waals surface area contributed by atoms with Gasteiger partial charge >= 0.3 is 5.97 Å². The molecule has 4 rings (SSSR count). The van der Waals surface area contributed by atoms with Crippen LogP contribution in [0.2, 0.25) is 0 Å². The maximum atomic E-state index is 11.0. The van der Waals surface area contributed by atoms with Crippen molar-refractivity contribution in [2.45, 2.75) is 32.2 Å². The molecule has 0 amide bonds. The predicted molar refractivity (Wildman–Crippen MR) is 88.4 cm³/mol. The molecule has 1 aromatic carbocycles. The summed E-state index contributed by atoms with van der Waals surface area (Å²) >= 11 is 0. The van der Waals surface area contributed by atoms with E-state index in [1.165, 1.54) is 17.1 Å². The van der Waals surface area contributed by atoms with Crippen LogP contribution in [0.4, 0.5) is 0 Å². The number of hydrogen-bond acceptors (Lipinski definition) is 3. The van der Waals surface area contributed by atoms with Gasteiger partial charge in [-0.3, -0.25) is 0 Å². The number of nitrogens with zero attached hydrogens (tertiary/aromatic N) is 4. The molecule has 1 atom stereocenters. The molecule has 2 aromatic heterocycles. The van der Waals surface area contributed by atoms with E-state index in [2.05, 4.69) is 22.7 Å². The maximum Gasteiger partial charge on any atom is 0.338 e. The molecule has 0 aliphatic carbocycles. The van der Waals surface area contributed by atoms with Gasteiger partial charge in [-0.05, 0) is 44.4 Å². The fourth-order valence-electron chi connectivity index (χ4n) is 3.64. The Bertz CT molecular complexity index is 1010. The van der Waals surface area contributed by atoms with Crippen molar-refractivity contribution in [1.82, 2.24) is 14.3 Å². The number of rotatable bonds is 2. The first-order valence-electron chi connectivity index (χ1n) is 7.95. The molecule has 1 aliphatic rings. The van der Waals surface area contributed by atoms with Gasteiger partial charge in [0.25, 0.3) is 0 Å². The summed E-state index contributed by atoms with van der Waals surface area (Å²) in [5, 5.41) is 23.7. The molecule has 0 saturated heterocycles. The quantitative estimate of drug-likeness (QED) is 0.785. The Labute approximate surface area is 138 Å². The Morgan fingerprint density at radius 1 is 1.46 bits per heavy atom. The summed E-state index contributed by atoms with van der Waals surface area (Å²) in [6.45, 7) is 2.18. The van der Waals surface area contributed by atoms with Crippen LogP contribution in [0, 0.1) is 11.3 Å². The minimum atomic E-state index is -1.01. The van der Waals surface area contributed by atoms with Crippen LogP contribution in [-0.2, 0) is 6.42 Å². The zero-order chi connectivity index (χ0) is 16.8. The topological polar surface area (TPSA) is 83.8 Å². The molecule has 0 radical (unpaired) electrons. The van der Waals surface area contributed by atoms with Crippen molar-refractivity contribution in [3.63, 3.8) is 0 Å². The summed E-state index contributed by atoms with van der Waals surface area (Å²) < 4.78 is 3.80. The number of benzene rings is 1. The van der Waals surface area contributed by atoms with E-state index in [-0.39, 0.29) is 5.56 Å². The van der Waals surface area contributed by atoms with E-state index in [4.69, 9.17) is 5.11 Å². The van der Waals surface area contributed by atoms with E-state index in [1.807, 2.05) is 18.2 Å². The SMILES string of the molecule is C[C@H]1CCCc2c(C#N)c3cc(-n4cc(C(=O)O)cn4)ccc3n21. The molecule has 3 heterocycles. The van der Waals surface area contributed by atoms with E-state index in [0.717, 1.165) is 47.1 Å². The summed E-state index contributed by atoms with van der Waals surface area (Å²) in [6, 6.07) is 8.57. The first-order valence-corrected chi connectivity index (χ1v) is 7.95. The monoisotopic (exact) mass is 320 g/mol. The third-order valence-corrected chi connectivity index (χ3v) is 4.77. The van der Waals surface area contributed by atoms with Crippen LogP contribution in [-0.4, -0.2) is 25.4 Å². The maximum absolute atomic E-state index is 11.0. The summed E-state index contributed by atoms with van der Waals surface area (Å²) in [5.41, 5.74) is 3.78. The molecule has 6 nitrogen and oxygen atoms in total. The molecule has 0 fully saturated rings. The number of aromatic nitrogens is 3. The Balaban J connectivity index is 1.92. The van der Waals surface area contributed by atoms with Gasteiger partial charge < -0.3 is 9.67 Å². The van der Waals surface area contributed by atoms with Gasteiger partial charge in [0.05, 0.1) is 23.0 Å². The Kier molecular flexibility index (Phi) is 3.17. The molecule has 0 bridgehead atoms. The highest BCUT2D eigenvalue weighted by Crippen LogP contribution is 2.36. The van der Waals surface area contributed by atoms with Crippen LogP contribution in [0.5, 0.6) is 0 Å². The second kappa shape index (κ2) is 5.24. The van der Waals surface area contributed by atoms with Gasteiger partial charge in [0.1, 0.15) is 6.07 Å². The number of fused-ring (bicyclic) bond motifs is 3. The van der Waals surface area contributed by atoms with Crippen molar-refractivity contribution in [3.8, 4) is 11.8 Å². The normalized spacial score (nSPS) is 16.8. The zero-order valence-corrected chi connectivity index (χ0v) is 13.2. The molecule has 3 aromatic rings. The van der Waals surface area contributed by atoms with Gasteiger partial charge in [0, 0.05) is 28.8 Å². The summed E-state index contributed by atoms with van der Waals surface area (Å²) in [4.78, 5) is 11.0. The van der Waals surface area contributed by atoms with Crippen LogP contribution >= 0.6 is 0 Å². The zero-order valence-electron chi connectivity index (χ0n) is 13.2. The molecule has 6 heteroatoms. The number of carbonyl (C=O) groups is 1. The van der Waals surface area contributed by atoms with Crippen molar-refractivity contribution in [3.05, 3.63) is 47.4 Å². The molecule has 1 aliphatic heterocycles. The smallest absolute Gasteiger partial charge is 0.338 e. The van der Waals surface area contributed by atoms with E-state index in [9.17, 15) is 10.1 Å². The van der Waals surface area contributed by atoms with Crippen molar-refractivity contribution in [1.29, 1.82) is 5.26 Å². The Hall–Kier alpha value is -3.07. The number of aromatic carboxylic acids is 1. The molecule has 0 saturated carbocycles. The fourth-order valence-corrected chi connectivity index (χ4v) is 3.64. The van der Waals surface area contributed by atoms with E-state index < -0.39 is 5.97 Å². The molecule has 24 heavy (non-hydrogen) atoms. The van der Waals surface area contributed by atoms with Gasteiger partial charge in [0.2, 0.25) is 0 Å². The third kappa shape index (κ3) is 2.02. The molecule has 0 spiro atoms. The number of hydrogen-bond donors (Lipinski definition) is 1. The third-order valence-electron chi connectivity index (χ3n) is 4.77. The summed E-state index contributed by atoms with van der Waals surface area (Å²) in [5.74, 6) is -1.01. The lowest BCUT2D eigenvalue weighted by Crippen LogP contribution is -2.15. The van der Waals surface area contributed by atoms with Crippen LogP contribution < -0.4 is 0 Å². The molecular weight excluding hydrogens is 304 g/mol. The molecular formula is C18H16N4O2. The predicted octanol–water partition coefficient (Wildman–Crippen LogP) is 3.29. The second-order valence-corrected chi connectivity index (χ2v) is 6.22. The Morgan fingerprint density at radius 2 is 2.29 bits per heavy atom. The lowest BCUT2D eigenvalue weighted by Gasteiger charge is -2.23. The Morgan fingerprint density at radius 3 is 3.00 bits per heavy atom. The van der Waals surface area contributed by atoms with E-state index >= 15 is 0 Å². The largest absolute Gasteiger partial charge is 0.478 e. The van der Waals surface area contributed by atoms with Crippen LogP contribution in [0.1, 0.15) is 47.4 Å². The lowest BCUT2D eigenvalue weighted by molar-refractivity contribution is 0.0697. The van der Waals surface area contributed by atoms with E-state index in [1.54, 1.807) is 0 Å². The second-order valence-electron chi connectivity index (χ2n) is 6.22. The highest BCUT2D eigenvalue weighted by molar-refractivity contribution is 5.90. The fraction of sp³-hybridized carbons (Fsp3) is 0.278. The number of carboxylic acids is 1. The molecule has 1 N–H and O–H groups in total. The van der Waals surface area contributed by atoms with Gasteiger partial charge in [-0.15, -0.1) is 0 Å². The van der Waals surface area contributed by atoms with Gasteiger partial charge in [-0.25, -0.2) is 9.48 Å². The first-order chi connectivity index (χ1) is 11.6. The van der Waals surface area contributed by atoms with Gasteiger partial charge in [-0.2, -0.15) is 10.4 Å². The van der Waals surface area contributed by atoms with E-state index in [0.29, 0.717) is 6.04 Å². The molecule has 0 unspecified atom stereocenters. The minimum Gasteiger partial charge on any atom is -0.478 e. The van der Waals surface area contributed by atoms with Crippen molar-refractivity contribution < 1.29 is 9.90 Å². The van der Waals surface area contributed by atoms with Crippen LogP contribution in [0.15, 0.2) is 30.6 Å². The first kappa shape index (κ1) is 14.5. The highest BCUT2D eigenvalue weighted by Gasteiger charge is 2.24. The molecule has 120 valence electrons. The van der Waals surface area contributed by atoms with Crippen molar-refractivity contribution in [2.24, 2.45) is 0 Å². The average Bonchev–Trinajstić information content (AvgIpc) is 3.17. The summed E-state index contributed by atoms with van der Waals surface area (Å²) in [6.07, 6.45) is 5.94. The number of nitriles is 1. The van der Waals surface area contributed by atoms with Crippen LogP contribution in [0.3, 0.4) is 0 Å². The van der Waals surface area contributed by atoms with Gasteiger partial charge in [0.15, 0.2) is 0 Å². The number of carboxylic acid groups (broad SMARTS) is 1. The lowest BCUT2D eigenvalue weighted by atomic mass is 10.0. The summed E-state index contributed by atoms with van der Waals surface area (Å²) in [7, 11) is 0. The van der Waals surface area contributed by atoms with Crippen molar-refractivity contribution >= 4 is 16.9 Å². The average molecular weight is 320 g/mol.